The maximum Gasteiger partial charge on any atom is 0.423 e. The van der Waals surface area contributed by atoms with Crippen LogP contribution in [-0.4, -0.2) is 57.5 Å². The number of alkyl halides is 6. The van der Waals surface area contributed by atoms with Crippen molar-refractivity contribution in [2.75, 3.05) is 19.3 Å². The van der Waals surface area contributed by atoms with Gasteiger partial charge in [0.15, 0.2) is 12.1 Å². The highest BCUT2D eigenvalue weighted by Crippen LogP contribution is 2.29. The standard InChI is InChI=1S/C21H23F4N3O.C5H4F3N3O/c1-3-4-17(22)12-28(2)6-5-15-8-18(19(23)9-16(15)13-29)21-26-10-14(11-27-21)7-20(24)25;6-5(7,8)3-2(9)1-10-11-4(3)12/h5-6,8-11,13,17,20H,3-4,7,12H2,1-2H3;1H,(H3,9,11,12)/b6-5-;. The Kier molecular flexibility index (Phi) is 12.0. The fraction of sp³-hybridized carbons (Fsp3) is 0.346. The lowest BCUT2D eigenvalue weighted by atomic mass is 10.0. The van der Waals surface area contributed by atoms with Crippen molar-refractivity contribution in [3.05, 3.63) is 75.3 Å². The maximum absolute atomic E-state index is 14.4. The van der Waals surface area contributed by atoms with Gasteiger partial charge in [0.25, 0.3) is 5.56 Å². The molecular formula is C26H27F7N6O2. The topological polar surface area (TPSA) is 118 Å². The molecule has 0 spiro atoms. The van der Waals surface area contributed by atoms with Crippen molar-refractivity contribution in [3.8, 4) is 11.4 Å². The van der Waals surface area contributed by atoms with Crippen LogP contribution in [0.25, 0.3) is 17.5 Å². The largest absolute Gasteiger partial charge is 0.423 e. The highest BCUT2D eigenvalue weighted by atomic mass is 19.4. The Hall–Kier alpha value is -4.30. The van der Waals surface area contributed by atoms with E-state index < -0.39 is 47.8 Å². The van der Waals surface area contributed by atoms with E-state index in [1.165, 1.54) is 18.5 Å². The minimum Gasteiger partial charge on any atom is -0.397 e. The molecule has 2 heterocycles. The highest BCUT2D eigenvalue weighted by molar-refractivity contribution is 5.84. The summed E-state index contributed by atoms with van der Waals surface area (Å²) in [5.74, 6) is -0.682. The number of aldehydes is 1. The van der Waals surface area contributed by atoms with Crippen LogP contribution in [0.4, 0.5) is 36.4 Å². The molecule has 8 nitrogen and oxygen atoms in total. The fourth-order valence-corrected chi connectivity index (χ4v) is 3.49. The van der Waals surface area contributed by atoms with Crippen LogP contribution in [0.1, 0.15) is 46.8 Å². The van der Waals surface area contributed by atoms with Gasteiger partial charge in [-0.25, -0.2) is 32.6 Å². The summed E-state index contributed by atoms with van der Waals surface area (Å²) in [6.45, 7) is 2.10. The van der Waals surface area contributed by atoms with E-state index in [1.807, 2.05) is 6.92 Å². The SMILES string of the molecule is CCCC(F)CN(C)/C=C\c1cc(-c2ncc(CC(F)F)cn2)c(F)cc1C=O.Nc1cn[nH]c(=O)c1C(F)(F)F. The first-order valence-corrected chi connectivity index (χ1v) is 12.1. The summed E-state index contributed by atoms with van der Waals surface area (Å²) in [7, 11) is 1.70. The van der Waals surface area contributed by atoms with Crippen molar-refractivity contribution in [2.45, 2.75) is 45.0 Å². The number of hydrogen-bond donors (Lipinski definition) is 2. The zero-order valence-corrected chi connectivity index (χ0v) is 21.9. The molecule has 222 valence electrons. The third-order valence-electron chi connectivity index (χ3n) is 5.40. The number of aromatic amines is 1. The van der Waals surface area contributed by atoms with Crippen LogP contribution in [0, 0.1) is 5.82 Å². The van der Waals surface area contributed by atoms with Crippen molar-refractivity contribution in [2.24, 2.45) is 0 Å². The summed E-state index contributed by atoms with van der Waals surface area (Å²) < 4.78 is 89.0. The first-order valence-electron chi connectivity index (χ1n) is 12.1. The molecule has 3 N–H and O–H groups in total. The smallest absolute Gasteiger partial charge is 0.397 e. The van der Waals surface area contributed by atoms with Gasteiger partial charge in [-0.15, -0.1) is 0 Å². The number of nitrogens with zero attached hydrogens (tertiary/aromatic N) is 4. The van der Waals surface area contributed by atoms with Gasteiger partial charge in [0.1, 0.15) is 17.6 Å². The Bertz CT molecular complexity index is 1380. The van der Waals surface area contributed by atoms with Gasteiger partial charge in [-0.3, -0.25) is 9.59 Å². The summed E-state index contributed by atoms with van der Waals surface area (Å²) in [4.78, 5) is 31.4. The molecule has 3 rings (SSSR count). The van der Waals surface area contributed by atoms with Crippen LogP contribution in [0.3, 0.4) is 0 Å². The molecule has 15 heteroatoms. The van der Waals surface area contributed by atoms with Gasteiger partial charge in [-0.05, 0) is 42.0 Å². The minimum atomic E-state index is -4.74. The molecule has 3 aromatic rings. The van der Waals surface area contributed by atoms with E-state index in [4.69, 9.17) is 5.73 Å². The molecule has 1 atom stereocenters. The number of nitrogens with two attached hydrogens (primary N) is 1. The Morgan fingerprint density at radius 1 is 1.10 bits per heavy atom. The predicted octanol–water partition coefficient (Wildman–Crippen LogP) is 5.31. The zero-order chi connectivity index (χ0) is 30.7. The van der Waals surface area contributed by atoms with Crippen LogP contribution in [0.15, 0.2) is 41.7 Å². The molecule has 0 aliphatic carbocycles. The number of aromatic nitrogens is 4. The third-order valence-corrected chi connectivity index (χ3v) is 5.40. The Balaban J connectivity index is 0.000000408. The lowest BCUT2D eigenvalue weighted by molar-refractivity contribution is -0.138. The van der Waals surface area contributed by atoms with E-state index in [2.05, 4.69) is 15.1 Å². The van der Waals surface area contributed by atoms with Crippen molar-refractivity contribution in [1.29, 1.82) is 0 Å². The average molecular weight is 589 g/mol. The lowest BCUT2D eigenvalue weighted by Gasteiger charge is -2.17. The second kappa shape index (κ2) is 14.9. The molecule has 0 radical (unpaired) electrons. The van der Waals surface area contributed by atoms with Gasteiger partial charge in [-0.1, -0.05) is 13.3 Å². The highest BCUT2D eigenvalue weighted by Gasteiger charge is 2.36. The zero-order valence-electron chi connectivity index (χ0n) is 21.9. The number of halogens is 7. The van der Waals surface area contributed by atoms with E-state index in [0.717, 1.165) is 18.7 Å². The molecule has 0 aliphatic rings. The fourth-order valence-electron chi connectivity index (χ4n) is 3.49. The van der Waals surface area contributed by atoms with Crippen LogP contribution in [0.2, 0.25) is 0 Å². The van der Waals surface area contributed by atoms with Gasteiger partial charge in [0, 0.05) is 38.0 Å². The van der Waals surface area contributed by atoms with Gasteiger partial charge >= 0.3 is 6.18 Å². The van der Waals surface area contributed by atoms with Gasteiger partial charge in [-0.2, -0.15) is 18.3 Å². The molecule has 2 aromatic heterocycles. The van der Waals surface area contributed by atoms with E-state index in [1.54, 1.807) is 29.3 Å². The molecule has 0 fully saturated rings. The molecule has 1 aromatic carbocycles. The summed E-state index contributed by atoms with van der Waals surface area (Å²) in [5.41, 5.74) is 2.30. The summed E-state index contributed by atoms with van der Waals surface area (Å²) in [6.07, 6.45) is -0.620. The first-order chi connectivity index (χ1) is 19.3. The summed E-state index contributed by atoms with van der Waals surface area (Å²) in [5, 5.41) is 4.74. The van der Waals surface area contributed by atoms with Crippen LogP contribution in [-0.2, 0) is 12.6 Å². The van der Waals surface area contributed by atoms with Crippen LogP contribution >= 0.6 is 0 Å². The van der Waals surface area contributed by atoms with Crippen LogP contribution < -0.4 is 11.3 Å². The van der Waals surface area contributed by atoms with Gasteiger partial charge < -0.3 is 10.6 Å². The Labute approximate surface area is 230 Å². The Morgan fingerprint density at radius 3 is 2.27 bits per heavy atom. The quantitative estimate of drug-likeness (QED) is 0.243. The maximum atomic E-state index is 14.4. The normalized spacial score (nSPS) is 12.2. The second-order valence-corrected chi connectivity index (χ2v) is 8.76. The first kappa shape index (κ1) is 32.9. The van der Waals surface area contributed by atoms with Crippen LogP contribution in [0.5, 0.6) is 0 Å². The molecule has 0 bridgehead atoms. The molecule has 0 amide bonds. The monoisotopic (exact) mass is 588 g/mol. The number of benzene rings is 1. The summed E-state index contributed by atoms with van der Waals surface area (Å²) in [6, 6.07) is 2.47. The van der Waals surface area contributed by atoms with E-state index in [-0.39, 0.29) is 29.1 Å². The minimum absolute atomic E-state index is 0.0211. The number of anilines is 1. The van der Waals surface area contributed by atoms with Gasteiger partial charge in [0.05, 0.1) is 17.4 Å². The summed E-state index contributed by atoms with van der Waals surface area (Å²) >= 11 is 0. The van der Waals surface area contributed by atoms with E-state index >= 15 is 0 Å². The van der Waals surface area contributed by atoms with Crippen molar-refractivity contribution >= 4 is 18.0 Å². The number of H-pyrrole nitrogens is 1. The van der Waals surface area contributed by atoms with Gasteiger partial charge in [0.2, 0.25) is 6.43 Å². The van der Waals surface area contributed by atoms with E-state index in [9.17, 15) is 40.3 Å². The lowest BCUT2D eigenvalue weighted by Crippen LogP contribution is -2.24. The number of carbonyl (C=O) groups excluding carboxylic acids is 1. The average Bonchev–Trinajstić information content (AvgIpc) is 2.87. The molecule has 1 unspecified atom stereocenters. The van der Waals surface area contributed by atoms with Crippen molar-refractivity contribution < 1.29 is 35.5 Å². The van der Waals surface area contributed by atoms with E-state index in [0.29, 0.717) is 18.3 Å². The second-order valence-electron chi connectivity index (χ2n) is 8.76. The molecule has 0 aliphatic heterocycles. The molecule has 0 saturated heterocycles. The number of carbonyl (C=O) groups is 1. The number of nitrogen functional groups attached to an aromatic ring is 1. The van der Waals surface area contributed by atoms with Crippen molar-refractivity contribution in [1.82, 2.24) is 25.1 Å². The Morgan fingerprint density at radius 2 is 1.76 bits per heavy atom. The van der Waals surface area contributed by atoms with Crippen molar-refractivity contribution in [3.63, 3.8) is 0 Å². The predicted molar refractivity (Wildman–Crippen MR) is 138 cm³/mol. The number of hydrogen-bond acceptors (Lipinski definition) is 7. The third kappa shape index (κ3) is 9.99. The molecule has 0 saturated carbocycles. The molecule has 41 heavy (non-hydrogen) atoms. The molecular weight excluding hydrogens is 561 g/mol. The number of rotatable bonds is 10. The number of nitrogens with one attached hydrogen (secondary N) is 1.